The van der Waals surface area contributed by atoms with E-state index < -0.39 is 0 Å². The number of pyridine rings is 1. The van der Waals surface area contributed by atoms with Crippen LogP contribution in [0.1, 0.15) is 11.3 Å². The molecule has 19 heavy (non-hydrogen) atoms. The molecule has 1 aromatic carbocycles. The first-order chi connectivity index (χ1) is 9.36. The van der Waals surface area contributed by atoms with Gasteiger partial charge in [0.15, 0.2) is 0 Å². The Kier molecular flexibility index (Phi) is 2.87. The molecule has 0 amide bonds. The molecule has 0 fully saturated rings. The number of H-pyrrole nitrogens is 1. The largest absolute Gasteiger partial charge is 0.497 e. The van der Waals surface area contributed by atoms with Crippen molar-refractivity contribution in [1.82, 2.24) is 15.2 Å². The zero-order chi connectivity index (χ0) is 13.1. The molecule has 0 saturated carbocycles. The van der Waals surface area contributed by atoms with Gasteiger partial charge in [-0.1, -0.05) is 5.92 Å². The fraction of sp³-hybridized carbons (Fsp3) is 0.0667. The van der Waals surface area contributed by atoms with E-state index in [0.717, 1.165) is 27.9 Å². The number of aromatic nitrogens is 3. The Bertz CT molecular complexity index is 766. The number of ether oxygens (including phenoxy) is 1. The van der Waals surface area contributed by atoms with E-state index in [-0.39, 0.29) is 0 Å². The smallest absolute Gasteiger partial charge is 0.143 e. The van der Waals surface area contributed by atoms with Crippen molar-refractivity contribution in [3.05, 3.63) is 54.0 Å². The minimum absolute atomic E-state index is 0.724. The van der Waals surface area contributed by atoms with E-state index in [0.29, 0.717) is 0 Å². The number of methoxy groups -OCH3 is 1. The topological polar surface area (TPSA) is 50.8 Å². The molecule has 0 bridgehead atoms. The number of hydrogen-bond acceptors (Lipinski definition) is 3. The summed E-state index contributed by atoms with van der Waals surface area (Å²) < 4.78 is 5.17. The monoisotopic (exact) mass is 249 g/mol. The van der Waals surface area contributed by atoms with Crippen molar-refractivity contribution in [2.45, 2.75) is 0 Å². The number of nitrogens with one attached hydrogen (secondary N) is 1. The van der Waals surface area contributed by atoms with Gasteiger partial charge in [-0.05, 0) is 30.2 Å². The van der Waals surface area contributed by atoms with Gasteiger partial charge in [-0.25, -0.2) is 0 Å². The van der Waals surface area contributed by atoms with Crippen LogP contribution in [-0.2, 0) is 0 Å². The van der Waals surface area contributed by atoms with E-state index in [9.17, 15) is 0 Å². The minimum Gasteiger partial charge on any atom is -0.497 e. The highest BCUT2D eigenvalue weighted by Crippen LogP contribution is 2.20. The lowest BCUT2D eigenvalue weighted by Gasteiger charge is -1.97. The molecule has 2 aromatic heterocycles. The van der Waals surface area contributed by atoms with Gasteiger partial charge in [0.25, 0.3) is 0 Å². The second-order valence-corrected chi connectivity index (χ2v) is 3.98. The van der Waals surface area contributed by atoms with Crippen LogP contribution in [0.15, 0.2) is 42.7 Å². The molecule has 92 valence electrons. The number of aromatic amines is 1. The van der Waals surface area contributed by atoms with Crippen molar-refractivity contribution >= 4 is 10.9 Å². The lowest BCUT2D eigenvalue weighted by atomic mass is 10.2. The van der Waals surface area contributed by atoms with Gasteiger partial charge in [-0.15, -0.1) is 0 Å². The highest BCUT2D eigenvalue weighted by Gasteiger charge is 2.03. The van der Waals surface area contributed by atoms with Gasteiger partial charge in [0.1, 0.15) is 11.4 Å². The summed E-state index contributed by atoms with van der Waals surface area (Å²) in [6.07, 6.45) is 3.45. The van der Waals surface area contributed by atoms with Gasteiger partial charge in [0.2, 0.25) is 0 Å². The second kappa shape index (κ2) is 4.83. The van der Waals surface area contributed by atoms with E-state index in [4.69, 9.17) is 4.74 Å². The zero-order valence-electron chi connectivity index (χ0n) is 10.3. The van der Waals surface area contributed by atoms with E-state index >= 15 is 0 Å². The Hall–Kier alpha value is -2.80. The number of nitrogens with zero attached hydrogens (tertiary/aromatic N) is 2. The Morgan fingerprint density at radius 1 is 1.21 bits per heavy atom. The SMILES string of the molecule is COc1ccc2c(C#Cc3cccnc3)n[nH]c2c1. The van der Waals surface area contributed by atoms with Crippen molar-refractivity contribution in [2.75, 3.05) is 7.11 Å². The summed E-state index contributed by atoms with van der Waals surface area (Å²) in [6.45, 7) is 0. The summed E-state index contributed by atoms with van der Waals surface area (Å²) in [5.41, 5.74) is 2.50. The highest BCUT2D eigenvalue weighted by molar-refractivity contribution is 5.85. The molecular formula is C15H11N3O. The molecule has 0 unspecified atom stereocenters. The number of fused-ring (bicyclic) bond motifs is 1. The normalized spacial score (nSPS) is 9.95. The summed E-state index contributed by atoms with van der Waals surface area (Å²) in [4.78, 5) is 4.02. The van der Waals surface area contributed by atoms with Crippen molar-refractivity contribution in [3.8, 4) is 17.6 Å². The van der Waals surface area contributed by atoms with Crippen molar-refractivity contribution in [3.63, 3.8) is 0 Å². The number of hydrogen-bond donors (Lipinski definition) is 1. The van der Waals surface area contributed by atoms with E-state index in [1.54, 1.807) is 19.5 Å². The van der Waals surface area contributed by atoms with Gasteiger partial charge in [-0.2, -0.15) is 5.10 Å². The molecule has 4 heteroatoms. The lowest BCUT2D eigenvalue weighted by molar-refractivity contribution is 0.415. The predicted molar refractivity (Wildman–Crippen MR) is 72.9 cm³/mol. The molecule has 0 aliphatic rings. The van der Waals surface area contributed by atoms with Crippen LogP contribution in [0.4, 0.5) is 0 Å². The molecule has 0 aliphatic heterocycles. The van der Waals surface area contributed by atoms with Gasteiger partial charge < -0.3 is 4.74 Å². The standard InChI is InChI=1S/C15H11N3O/c1-19-12-5-6-13-14(17-18-15(13)9-12)7-4-11-3-2-8-16-10-11/h2-3,5-6,8-10H,1H3,(H,17,18). The van der Waals surface area contributed by atoms with Crippen molar-refractivity contribution in [2.24, 2.45) is 0 Å². The maximum atomic E-state index is 5.17. The highest BCUT2D eigenvalue weighted by atomic mass is 16.5. The Morgan fingerprint density at radius 3 is 2.95 bits per heavy atom. The van der Waals surface area contributed by atoms with Gasteiger partial charge in [0.05, 0.1) is 12.6 Å². The maximum Gasteiger partial charge on any atom is 0.143 e. The van der Waals surface area contributed by atoms with Gasteiger partial charge in [-0.3, -0.25) is 10.1 Å². The molecule has 0 radical (unpaired) electrons. The maximum absolute atomic E-state index is 5.17. The molecule has 2 heterocycles. The zero-order valence-corrected chi connectivity index (χ0v) is 10.3. The quantitative estimate of drug-likeness (QED) is 0.673. The molecule has 3 aromatic rings. The Morgan fingerprint density at radius 2 is 2.16 bits per heavy atom. The lowest BCUT2D eigenvalue weighted by Crippen LogP contribution is -1.81. The van der Waals surface area contributed by atoms with Crippen LogP contribution in [0.3, 0.4) is 0 Å². The van der Waals surface area contributed by atoms with E-state index in [1.165, 1.54) is 0 Å². The summed E-state index contributed by atoms with van der Waals surface area (Å²) in [5.74, 6) is 6.88. The van der Waals surface area contributed by atoms with Crippen LogP contribution in [0.25, 0.3) is 10.9 Å². The summed E-state index contributed by atoms with van der Waals surface area (Å²) >= 11 is 0. The fourth-order valence-electron chi connectivity index (χ4n) is 1.79. The van der Waals surface area contributed by atoms with E-state index in [2.05, 4.69) is 27.0 Å². The van der Waals surface area contributed by atoms with Crippen LogP contribution in [0, 0.1) is 11.8 Å². The Balaban J connectivity index is 2.01. The predicted octanol–water partition coefficient (Wildman–Crippen LogP) is 2.37. The Labute approximate surface area is 110 Å². The van der Waals surface area contributed by atoms with E-state index in [1.807, 2.05) is 30.3 Å². The van der Waals surface area contributed by atoms with Gasteiger partial charge >= 0.3 is 0 Å². The third-order valence-corrected chi connectivity index (χ3v) is 2.76. The molecule has 1 N–H and O–H groups in total. The first-order valence-electron chi connectivity index (χ1n) is 5.81. The summed E-state index contributed by atoms with van der Waals surface area (Å²) in [5, 5.41) is 8.15. The summed E-state index contributed by atoms with van der Waals surface area (Å²) in [7, 11) is 1.64. The van der Waals surface area contributed by atoms with Crippen molar-refractivity contribution < 1.29 is 4.74 Å². The third kappa shape index (κ3) is 2.26. The molecule has 0 saturated heterocycles. The van der Waals surface area contributed by atoms with Crippen LogP contribution < -0.4 is 4.74 Å². The van der Waals surface area contributed by atoms with Crippen LogP contribution in [0.2, 0.25) is 0 Å². The average molecular weight is 249 g/mol. The molecule has 4 nitrogen and oxygen atoms in total. The first-order valence-corrected chi connectivity index (χ1v) is 5.81. The van der Waals surface area contributed by atoms with Crippen LogP contribution in [-0.4, -0.2) is 22.3 Å². The number of benzene rings is 1. The first kappa shape index (κ1) is 11.3. The van der Waals surface area contributed by atoms with Crippen LogP contribution in [0.5, 0.6) is 5.75 Å². The molecule has 0 atom stereocenters. The van der Waals surface area contributed by atoms with Crippen LogP contribution >= 0.6 is 0 Å². The second-order valence-electron chi connectivity index (χ2n) is 3.98. The minimum atomic E-state index is 0.724. The van der Waals surface area contributed by atoms with Crippen molar-refractivity contribution in [1.29, 1.82) is 0 Å². The fourth-order valence-corrected chi connectivity index (χ4v) is 1.79. The van der Waals surface area contributed by atoms with Gasteiger partial charge in [0, 0.05) is 29.4 Å². The molecule has 0 spiro atoms. The third-order valence-electron chi connectivity index (χ3n) is 2.76. The average Bonchev–Trinajstić information content (AvgIpc) is 2.88. The number of rotatable bonds is 1. The molecule has 3 rings (SSSR count). The molecule has 0 aliphatic carbocycles. The summed E-state index contributed by atoms with van der Waals surface area (Å²) in [6, 6.07) is 9.52. The molecular weight excluding hydrogens is 238 g/mol.